The zero-order valence-electron chi connectivity index (χ0n) is 17.8. The highest BCUT2D eigenvalue weighted by Crippen LogP contribution is 2.27. The Hall–Kier alpha value is -3.92. The lowest BCUT2D eigenvalue weighted by molar-refractivity contribution is -0.139. The second-order valence-corrected chi connectivity index (χ2v) is 8.30. The Labute approximate surface area is 193 Å². The molecule has 5 rings (SSSR count). The van der Waals surface area contributed by atoms with E-state index in [0.717, 1.165) is 5.39 Å². The fraction of sp³-hybridized carbons (Fsp3) is 0.217. The monoisotopic (exact) mass is 460 g/mol. The number of pyridine rings is 1. The van der Waals surface area contributed by atoms with Gasteiger partial charge in [0.2, 0.25) is 5.91 Å². The van der Waals surface area contributed by atoms with Gasteiger partial charge in [-0.25, -0.2) is 15.0 Å². The number of fused-ring (bicyclic) bond motifs is 1. The summed E-state index contributed by atoms with van der Waals surface area (Å²) in [6.45, 7) is 0.916. The van der Waals surface area contributed by atoms with E-state index in [1.165, 1.54) is 21.4 Å². The zero-order chi connectivity index (χ0) is 22.8. The molecular formula is C23H20N6O3S. The first-order chi connectivity index (χ1) is 16.1. The number of aromatic nitrogens is 4. The van der Waals surface area contributed by atoms with Crippen molar-refractivity contribution >= 4 is 34.1 Å². The first-order valence-corrected chi connectivity index (χ1v) is 11.3. The van der Waals surface area contributed by atoms with Gasteiger partial charge in [-0.1, -0.05) is 12.1 Å². The molecule has 9 nitrogen and oxygen atoms in total. The van der Waals surface area contributed by atoms with Gasteiger partial charge in [0.15, 0.2) is 0 Å². The molecule has 1 aliphatic heterocycles. The molecule has 0 saturated carbocycles. The van der Waals surface area contributed by atoms with Crippen LogP contribution >= 0.6 is 11.3 Å². The molecule has 0 unspecified atom stereocenters. The maximum Gasteiger partial charge on any atom is 0.291 e. The normalized spacial score (nSPS) is 13.5. The summed E-state index contributed by atoms with van der Waals surface area (Å²) in [5, 5.41) is 6.32. The Morgan fingerprint density at radius 2 is 1.97 bits per heavy atom. The van der Waals surface area contributed by atoms with E-state index in [4.69, 9.17) is 4.74 Å². The van der Waals surface area contributed by atoms with Crippen molar-refractivity contribution in [1.82, 2.24) is 30.0 Å². The van der Waals surface area contributed by atoms with Crippen molar-refractivity contribution in [2.24, 2.45) is 0 Å². The minimum absolute atomic E-state index is 0.0923. The minimum Gasteiger partial charge on any atom is -0.496 e. The highest BCUT2D eigenvalue weighted by molar-refractivity contribution is 7.13. The number of rotatable bonds is 5. The van der Waals surface area contributed by atoms with E-state index >= 15 is 0 Å². The molecule has 0 N–H and O–H groups in total. The predicted octanol–water partition coefficient (Wildman–Crippen LogP) is 2.99. The van der Waals surface area contributed by atoms with Crippen molar-refractivity contribution in [3.63, 3.8) is 0 Å². The number of amides is 2. The number of methoxy groups -OCH3 is 1. The van der Waals surface area contributed by atoms with Crippen LogP contribution in [0.3, 0.4) is 0 Å². The van der Waals surface area contributed by atoms with Gasteiger partial charge in [0.05, 0.1) is 30.9 Å². The lowest BCUT2D eigenvalue weighted by atomic mass is 10.1. The molecule has 2 amide bonds. The second-order valence-electron chi connectivity index (χ2n) is 7.44. The molecular weight excluding hydrogens is 440 g/mol. The fourth-order valence-electron chi connectivity index (χ4n) is 3.80. The molecule has 0 atom stereocenters. The van der Waals surface area contributed by atoms with E-state index in [0.29, 0.717) is 47.2 Å². The third-order valence-corrected chi connectivity index (χ3v) is 6.25. The Morgan fingerprint density at radius 1 is 1.12 bits per heavy atom. The van der Waals surface area contributed by atoms with E-state index in [1.807, 2.05) is 29.6 Å². The summed E-state index contributed by atoms with van der Waals surface area (Å²) in [5.74, 6) is 0.0491. The largest absolute Gasteiger partial charge is 0.496 e. The van der Waals surface area contributed by atoms with E-state index in [9.17, 15) is 9.59 Å². The van der Waals surface area contributed by atoms with Gasteiger partial charge >= 0.3 is 0 Å². The Kier molecular flexibility index (Phi) is 5.66. The molecule has 0 bridgehead atoms. The number of hydrazine groups is 1. The van der Waals surface area contributed by atoms with E-state index < -0.39 is 0 Å². The minimum atomic E-state index is -0.330. The number of carbonyl (C=O) groups is 2. The van der Waals surface area contributed by atoms with Crippen LogP contribution in [0.2, 0.25) is 0 Å². The molecule has 3 aromatic heterocycles. The van der Waals surface area contributed by atoms with Crippen LogP contribution in [0.5, 0.6) is 5.75 Å². The SMILES string of the molecule is COc1cc(C(=O)N2CCCN2C(=O)Cc2csc(-c3cnccn3)n2)nc2ccccc12. The Balaban J connectivity index is 1.35. The summed E-state index contributed by atoms with van der Waals surface area (Å²) >= 11 is 1.41. The van der Waals surface area contributed by atoms with Gasteiger partial charge in [-0.3, -0.25) is 24.6 Å². The quantitative estimate of drug-likeness (QED) is 0.451. The first kappa shape index (κ1) is 21.0. The number of nitrogens with zero attached hydrogens (tertiary/aromatic N) is 6. The molecule has 1 aliphatic rings. The maximum absolute atomic E-state index is 13.3. The van der Waals surface area contributed by atoms with Gasteiger partial charge in [0.1, 0.15) is 22.1 Å². The van der Waals surface area contributed by atoms with Crippen LogP contribution in [-0.2, 0) is 11.2 Å². The summed E-state index contributed by atoms with van der Waals surface area (Å²) in [7, 11) is 1.56. The highest BCUT2D eigenvalue weighted by Gasteiger charge is 2.32. The van der Waals surface area contributed by atoms with Gasteiger partial charge in [-0.05, 0) is 18.6 Å². The number of para-hydroxylation sites is 1. The van der Waals surface area contributed by atoms with Crippen molar-refractivity contribution < 1.29 is 14.3 Å². The third kappa shape index (κ3) is 4.12. The lowest BCUT2D eigenvalue weighted by Crippen LogP contribution is -2.45. The molecule has 33 heavy (non-hydrogen) atoms. The summed E-state index contributed by atoms with van der Waals surface area (Å²) in [6, 6.07) is 9.10. The van der Waals surface area contributed by atoms with Crippen molar-refractivity contribution in [2.75, 3.05) is 20.2 Å². The molecule has 1 fully saturated rings. The van der Waals surface area contributed by atoms with Crippen LogP contribution in [0.4, 0.5) is 0 Å². The molecule has 0 aliphatic carbocycles. The van der Waals surface area contributed by atoms with Crippen LogP contribution in [0.1, 0.15) is 22.6 Å². The van der Waals surface area contributed by atoms with Crippen molar-refractivity contribution in [2.45, 2.75) is 12.8 Å². The molecule has 1 aromatic carbocycles. The highest BCUT2D eigenvalue weighted by atomic mass is 32.1. The predicted molar refractivity (Wildman–Crippen MR) is 123 cm³/mol. The number of carbonyl (C=O) groups excluding carboxylic acids is 2. The number of benzene rings is 1. The number of hydrogen-bond acceptors (Lipinski definition) is 8. The summed E-state index contributed by atoms with van der Waals surface area (Å²) < 4.78 is 5.47. The van der Waals surface area contributed by atoms with Crippen LogP contribution < -0.4 is 4.74 Å². The zero-order valence-corrected chi connectivity index (χ0v) is 18.7. The molecule has 4 aromatic rings. The molecule has 4 heterocycles. The van der Waals surface area contributed by atoms with Gasteiger partial charge in [0.25, 0.3) is 5.91 Å². The number of thiazole rings is 1. The topological polar surface area (TPSA) is 101 Å². The van der Waals surface area contributed by atoms with Gasteiger partial charge < -0.3 is 4.74 Å². The molecule has 0 radical (unpaired) electrons. The number of hydrogen-bond donors (Lipinski definition) is 0. The third-order valence-electron chi connectivity index (χ3n) is 5.34. The smallest absolute Gasteiger partial charge is 0.291 e. The summed E-state index contributed by atoms with van der Waals surface area (Å²) in [5.41, 5.74) is 2.20. The second kappa shape index (κ2) is 8.91. The Bertz CT molecular complexity index is 1330. The first-order valence-electron chi connectivity index (χ1n) is 10.4. The van der Waals surface area contributed by atoms with E-state index in [2.05, 4.69) is 19.9 Å². The van der Waals surface area contributed by atoms with Crippen molar-refractivity contribution in [3.8, 4) is 16.5 Å². The summed E-state index contributed by atoms with van der Waals surface area (Å²) in [4.78, 5) is 43.7. The average molecular weight is 461 g/mol. The molecule has 1 saturated heterocycles. The lowest BCUT2D eigenvalue weighted by Gasteiger charge is -2.27. The van der Waals surface area contributed by atoms with Crippen LogP contribution in [0.25, 0.3) is 21.6 Å². The summed E-state index contributed by atoms with van der Waals surface area (Å²) in [6.07, 6.45) is 5.63. The molecule has 10 heteroatoms. The van der Waals surface area contributed by atoms with Crippen LogP contribution in [-0.4, -0.2) is 62.0 Å². The maximum atomic E-state index is 13.3. The van der Waals surface area contributed by atoms with Gasteiger partial charge in [0, 0.05) is 42.3 Å². The van der Waals surface area contributed by atoms with Gasteiger partial charge in [-0.2, -0.15) is 0 Å². The van der Waals surface area contributed by atoms with E-state index in [1.54, 1.807) is 31.8 Å². The average Bonchev–Trinajstić information content (AvgIpc) is 3.53. The van der Waals surface area contributed by atoms with Crippen molar-refractivity contribution in [3.05, 3.63) is 65.7 Å². The number of ether oxygens (including phenoxy) is 1. The van der Waals surface area contributed by atoms with E-state index in [-0.39, 0.29) is 23.9 Å². The Morgan fingerprint density at radius 3 is 2.79 bits per heavy atom. The molecule has 166 valence electrons. The fourth-order valence-corrected chi connectivity index (χ4v) is 4.58. The van der Waals surface area contributed by atoms with Crippen LogP contribution in [0.15, 0.2) is 54.3 Å². The van der Waals surface area contributed by atoms with Gasteiger partial charge in [-0.15, -0.1) is 11.3 Å². The van der Waals surface area contributed by atoms with Crippen molar-refractivity contribution in [1.29, 1.82) is 0 Å². The van der Waals surface area contributed by atoms with Crippen LogP contribution in [0, 0.1) is 0 Å². The molecule has 0 spiro atoms. The standard InChI is InChI=1S/C23H20N6O3S/c1-32-20-12-18(27-17-6-3-2-5-16(17)20)23(31)29-10-4-9-28(29)21(30)11-15-14-33-22(26-15)19-13-24-7-8-25-19/h2-3,5-8,12-14H,4,9-11H2,1H3.